The fourth-order valence-electron chi connectivity index (χ4n) is 2.96. The summed E-state index contributed by atoms with van der Waals surface area (Å²) in [6.07, 6.45) is 2.07. The monoisotopic (exact) mass is 354 g/mol. The van der Waals surface area contributed by atoms with E-state index in [1.165, 1.54) is 0 Å². The van der Waals surface area contributed by atoms with Gasteiger partial charge in [0.25, 0.3) is 0 Å². The first kappa shape index (κ1) is 18.1. The minimum absolute atomic E-state index is 0.233. The summed E-state index contributed by atoms with van der Waals surface area (Å²) in [5, 5.41) is 0. The molecule has 0 aliphatic carbocycles. The Labute approximate surface area is 141 Å². The van der Waals surface area contributed by atoms with Crippen molar-refractivity contribution in [1.82, 2.24) is 0 Å². The van der Waals surface area contributed by atoms with Gasteiger partial charge in [-0.3, -0.25) is 0 Å². The number of halogens is 2. The number of carbonyl (C=O) groups is 1. The number of rotatable bonds is 6. The van der Waals surface area contributed by atoms with E-state index in [-0.39, 0.29) is 35.8 Å². The van der Waals surface area contributed by atoms with Crippen molar-refractivity contribution in [2.75, 3.05) is 38.2 Å². The van der Waals surface area contributed by atoms with E-state index in [2.05, 4.69) is 0 Å². The molecule has 0 saturated carbocycles. The highest BCUT2D eigenvalue weighted by molar-refractivity contribution is 6.18. The quantitative estimate of drug-likeness (QED) is 0.541. The molecule has 2 aliphatic rings. The van der Waals surface area contributed by atoms with Crippen molar-refractivity contribution in [3.8, 4) is 0 Å². The summed E-state index contributed by atoms with van der Waals surface area (Å²) in [6, 6.07) is 0. The van der Waals surface area contributed by atoms with Crippen molar-refractivity contribution < 1.29 is 23.7 Å². The van der Waals surface area contributed by atoms with Gasteiger partial charge in [-0.05, 0) is 25.7 Å². The minimum Gasteiger partial charge on any atom is -0.429 e. The van der Waals surface area contributed by atoms with Gasteiger partial charge >= 0.3 is 6.16 Å². The Kier molecular flexibility index (Phi) is 8.08. The van der Waals surface area contributed by atoms with E-state index in [1.807, 2.05) is 0 Å². The van der Waals surface area contributed by atoms with E-state index in [1.54, 1.807) is 0 Å². The van der Waals surface area contributed by atoms with Crippen LogP contribution in [0.2, 0.25) is 0 Å². The van der Waals surface area contributed by atoms with Gasteiger partial charge < -0.3 is 18.9 Å². The fraction of sp³-hybridized carbons (Fsp3) is 0.933. The highest BCUT2D eigenvalue weighted by Crippen LogP contribution is 2.25. The second-order valence-electron chi connectivity index (χ2n) is 5.77. The number of carbonyl (C=O) groups excluding carboxylic acids is 1. The Morgan fingerprint density at radius 3 is 1.55 bits per heavy atom. The predicted octanol–water partition coefficient (Wildman–Crippen LogP) is 3.21. The van der Waals surface area contributed by atoms with E-state index in [0.717, 1.165) is 25.7 Å². The third-order valence-electron chi connectivity index (χ3n) is 4.38. The third-order valence-corrected chi connectivity index (χ3v) is 4.99. The lowest BCUT2D eigenvalue weighted by Crippen LogP contribution is -2.37. The molecule has 2 atom stereocenters. The van der Waals surface area contributed by atoms with Crippen LogP contribution in [0.3, 0.4) is 0 Å². The highest BCUT2D eigenvalue weighted by Gasteiger charge is 2.31. The summed E-state index contributed by atoms with van der Waals surface area (Å²) in [5.74, 6) is 0.998. The van der Waals surface area contributed by atoms with Gasteiger partial charge in [-0.15, -0.1) is 23.2 Å². The molecule has 2 rings (SSSR count). The zero-order valence-electron chi connectivity index (χ0n) is 12.7. The Balaban J connectivity index is 1.81. The molecule has 2 unspecified atom stereocenters. The zero-order chi connectivity index (χ0) is 15.8. The molecule has 2 heterocycles. The van der Waals surface area contributed by atoms with E-state index < -0.39 is 6.16 Å². The molecule has 0 N–H and O–H groups in total. The van der Waals surface area contributed by atoms with Crippen LogP contribution in [0.1, 0.15) is 25.7 Å². The van der Waals surface area contributed by atoms with Gasteiger partial charge in [0.1, 0.15) is 12.2 Å². The number of alkyl halides is 2. The van der Waals surface area contributed by atoms with Gasteiger partial charge in [0.05, 0.1) is 11.8 Å². The molecule has 2 saturated heterocycles. The third kappa shape index (κ3) is 5.44. The molecule has 7 heteroatoms. The lowest BCUT2D eigenvalue weighted by Gasteiger charge is -2.31. The number of hydrogen-bond donors (Lipinski definition) is 0. The largest absolute Gasteiger partial charge is 0.508 e. The molecule has 0 aromatic heterocycles. The number of hydrogen-bond acceptors (Lipinski definition) is 5. The van der Waals surface area contributed by atoms with Crippen molar-refractivity contribution in [3.05, 3.63) is 0 Å². The topological polar surface area (TPSA) is 54.0 Å². The van der Waals surface area contributed by atoms with Gasteiger partial charge in [-0.25, -0.2) is 4.79 Å². The van der Waals surface area contributed by atoms with E-state index in [0.29, 0.717) is 26.4 Å². The molecule has 2 aliphatic heterocycles. The molecule has 2 fully saturated rings. The van der Waals surface area contributed by atoms with Crippen LogP contribution in [-0.2, 0) is 18.9 Å². The van der Waals surface area contributed by atoms with Crippen LogP contribution < -0.4 is 0 Å². The van der Waals surface area contributed by atoms with Crippen LogP contribution >= 0.6 is 23.2 Å². The second kappa shape index (κ2) is 9.81. The first-order valence-corrected chi connectivity index (χ1v) is 8.96. The first-order chi connectivity index (χ1) is 10.7. The maximum absolute atomic E-state index is 12.0. The standard InChI is InChI=1S/C15H24Cl2O5/c16-9-13(11-1-5-19-6-2-11)21-15(18)22-14(10-17)12-3-7-20-8-4-12/h11-14H,1-10H2. The van der Waals surface area contributed by atoms with E-state index in [9.17, 15) is 4.79 Å². The summed E-state index contributed by atoms with van der Waals surface area (Å²) < 4.78 is 21.5. The molecule has 22 heavy (non-hydrogen) atoms. The Morgan fingerprint density at radius 1 is 0.864 bits per heavy atom. The fourth-order valence-corrected chi connectivity index (χ4v) is 3.59. The molecule has 5 nitrogen and oxygen atoms in total. The van der Waals surface area contributed by atoms with Gasteiger partial charge in [0.15, 0.2) is 0 Å². The van der Waals surface area contributed by atoms with Gasteiger partial charge in [0, 0.05) is 38.3 Å². The Hall–Kier alpha value is -0.230. The number of ether oxygens (including phenoxy) is 4. The molecule has 0 aromatic rings. The molecule has 0 aromatic carbocycles. The van der Waals surface area contributed by atoms with Gasteiger partial charge in [0.2, 0.25) is 0 Å². The van der Waals surface area contributed by atoms with Crippen LogP contribution in [0.25, 0.3) is 0 Å². The second-order valence-corrected chi connectivity index (χ2v) is 6.39. The summed E-state index contributed by atoms with van der Waals surface area (Å²) in [5.41, 5.74) is 0. The van der Waals surface area contributed by atoms with E-state index >= 15 is 0 Å². The van der Waals surface area contributed by atoms with Gasteiger partial charge in [-0.1, -0.05) is 0 Å². The molecule has 0 amide bonds. The average molecular weight is 355 g/mol. The van der Waals surface area contributed by atoms with Crippen molar-refractivity contribution in [3.63, 3.8) is 0 Å². The highest BCUT2D eigenvalue weighted by atomic mass is 35.5. The minimum atomic E-state index is -0.672. The Bertz CT molecular complexity index is 300. The van der Waals surface area contributed by atoms with Crippen molar-refractivity contribution in [2.45, 2.75) is 37.9 Å². The molecular weight excluding hydrogens is 331 g/mol. The maximum Gasteiger partial charge on any atom is 0.508 e. The summed E-state index contributed by atoms with van der Waals surface area (Å²) in [4.78, 5) is 12.0. The molecule has 0 spiro atoms. The van der Waals surface area contributed by atoms with Crippen LogP contribution in [0, 0.1) is 11.8 Å². The predicted molar refractivity (Wildman–Crippen MR) is 83.7 cm³/mol. The Morgan fingerprint density at radius 2 is 1.23 bits per heavy atom. The molecule has 0 bridgehead atoms. The molecule has 0 radical (unpaired) electrons. The van der Waals surface area contributed by atoms with Gasteiger partial charge in [-0.2, -0.15) is 0 Å². The maximum atomic E-state index is 12.0. The van der Waals surface area contributed by atoms with Crippen LogP contribution in [0.4, 0.5) is 4.79 Å². The van der Waals surface area contributed by atoms with Crippen LogP contribution in [-0.4, -0.2) is 56.6 Å². The summed E-state index contributed by atoms with van der Waals surface area (Å²) in [7, 11) is 0. The summed E-state index contributed by atoms with van der Waals surface area (Å²) in [6.45, 7) is 2.73. The smallest absolute Gasteiger partial charge is 0.429 e. The molecular formula is C15H24Cl2O5. The zero-order valence-corrected chi connectivity index (χ0v) is 14.2. The SMILES string of the molecule is O=C(OC(CCl)C1CCOCC1)OC(CCl)C1CCOCC1. The first-order valence-electron chi connectivity index (χ1n) is 7.89. The van der Waals surface area contributed by atoms with Crippen molar-refractivity contribution in [1.29, 1.82) is 0 Å². The lowest BCUT2D eigenvalue weighted by molar-refractivity contribution is -0.0509. The lowest BCUT2D eigenvalue weighted by atomic mass is 9.94. The van der Waals surface area contributed by atoms with Crippen LogP contribution in [0.5, 0.6) is 0 Å². The average Bonchev–Trinajstić information content (AvgIpc) is 2.59. The van der Waals surface area contributed by atoms with E-state index in [4.69, 9.17) is 42.1 Å². The molecule has 128 valence electrons. The van der Waals surface area contributed by atoms with Crippen LogP contribution in [0.15, 0.2) is 0 Å². The van der Waals surface area contributed by atoms with Crippen molar-refractivity contribution in [2.24, 2.45) is 11.8 Å². The summed E-state index contributed by atoms with van der Waals surface area (Å²) >= 11 is 11.9. The normalized spacial score (nSPS) is 23.7. The van der Waals surface area contributed by atoms with Crippen molar-refractivity contribution >= 4 is 29.4 Å².